The van der Waals surface area contributed by atoms with Crippen LogP contribution in [0.2, 0.25) is 5.15 Å². The number of anilines is 2. The fourth-order valence-corrected chi connectivity index (χ4v) is 6.84. The average Bonchev–Trinajstić information content (AvgIpc) is 3.09. The van der Waals surface area contributed by atoms with Gasteiger partial charge in [0.2, 0.25) is 0 Å². The van der Waals surface area contributed by atoms with Crippen molar-refractivity contribution in [2.24, 2.45) is 0 Å². The van der Waals surface area contributed by atoms with Gasteiger partial charge in [-0.1, -0.05) is 47.6 Å². The smallest absolute Gasteiger partial charge is 0.253 e. The number of nitrogens with zero attached hydrogens (tertiary/aromatic N) is 5. The van der Waals surface area contributed by atoms with E-state index in [-0.39, 0.29) is 5.91 Å². The van der Waals surface area contributed by atoms with Crippen LogP contribution in [-0.2, 0) is 18.7 Å². The van der Waals surface area contributed by atoms with Gasteiger partial charge in [0.1, 0.15) is 16.7 Å². The van der Waals surface area contributed by atoms with Gasteiger partial charge in [0.05, 0.1) is 27.0 Å². The average molecular weight is 646 g/mol. The number of ether oxygens (including phenoxy) is 3. The second-order valence-electron chi connectivity index (χ2n) is 10.9. The largest absolute Gasteiger partial charge is 0.495 e. The van der Waals surface area contributed by atoms with Crippen molar-refractivity contribution >= 4 is 40.8 Å². The maximum Gasteiger partial charge on any atom is 0.253 e. The summed E-state index contributed by atoms with van der Waals surface area (Å²) in [7, 11) is 4.99. The van der Waals surface area contributed by atoms with E-state index in [1.165, 1.54) is 22.9 Å². The third-order valence-corrected chi connectivity index (χ3v) is 9.38. The van der Waals surface area contributed by atoms with E-state index < -0.39 is 0 Å². The first-order valence-electron chi connectivity index (χ1n) is 14.9. The predicted molar refractivity (Wildman–Crippen MR) is 178 cm³/mol. The Morgan fingerprint density at radius 2 is 1.49 bits per heavy atom. The molecule has 11 heteroatoms. The highest BCUT2D eigenvalue weighted by Crippen LogP contribution is 2.35. The summed E-state index contributed by atoms with van der Waals surface area (Å²) in [6.07, 6.45) is 0.863. The van der Waals surface area contributed by atoms with E-state index in [1.807, 2.05) is 59.5 Å². The summed E-state index contributed by atoms with van der Waals surface area (Å²) in [4.78, 5) is 28.9. The Morgan fingerprint density at radius 3 is 2.20 bits per heavy atom. The molecule has 45 heavy (non-hydrogen) atoms. The molecule has 234 valence electrons. The molecule has 2 aliphatic rings. The normalized spacial score (nSPS) is 14.6. The van der Waals surface area contributed by atoms with Crippen molar-refractivity contribution in [2.75, 3.05) is 63.9 Å². The molecule has 0 N–H and O–H groups in total. The number of para-hydroxylation sites is 2. The first-order valence-corrected chi connectivity index (χ1v) is 16.2. The number of thioether (sulfide) groups is 1. The highest BCUT2D eigenvalue weighted by atomic mass is 35.5. The standard InChI is InChI=1S/C34H36ClN5O4S/c1-42-28-7-5-4-6-27(28)38-14-16-39(17-15-38)33(41)24-10-8-23(9-11-24)22-45-34-36-31(35)20-32(37-34)40-13-12-25-18-29(43-2)30(44-3)19-26(25)21-40/h4-11,18-20H,12-17,21-22H2,1-3H3. The molecule has 0 saturated carbocycles. The Labute approximate surface area is 273 Å². The van der Waals surface area contributed by atoms with Crippen LogP contribution in [0.4, 0.5) is 11.5 Å². The predicted octanol–water partition coefficient (Wildman–Crippen LogP) is 5.97. The number of hydrogen-bond donors (Lipinski definition) is 0. The fourth-order valence-electron chi connectivity index (χ4n) is 5.81. The van der Waals surface area contributed by atoms with Crippen molar-refractivity contribution in [1.29, 1.82) is 0 Å². The van der Waals surface area contributed by atoms with Gasteiger partial charge >= 0.3 is 0 Å². The number of rotatable bonds is 9. The maximum absolute atomic E-state index is 13.3. The van der Waals surface area contributed by atoms with Gasteiger partial charge in [0.15, 0.2) is 16.7 Å². The molecule has 6 rings (SSSR count). The molecule has 0 spiro atoms. The molecule has 1 fully saturated rings. The molecular formula is C34H36ClN5O4S. The Morgan fingerprint density at radius 1 is 0.800 bits per heavy atom. The van der Waals surface area contributed by atoms with Crippen molar-refractivity contribution in [3.05, 3.63) is 94.1 Å². The molecule has 4 aromatic rings. The van der Waals surface area contributed by atoms with Crippen LogP contribution < -0.4 is 24.0 Å². The number of hydrogen-bond acceptors (Lipinski definition) is 9. The van der Waals surface area contributed by atoms with Gasteiger partial charge in [0.25, 0.3) is 5.91 Å². The third kappa shape index (κ3) is 6.92. The number of benzene rings is 3. The Kier molecular flexibility index (Phi) is 9.51. The first kappa shape index (κ1) is 30.9. The molecule has 0 radical (unpaired) electrons. The van der Waals surface area contributed by atoms with Gasteiger partial charge in [0, 0.05) is 56.7 Å². The first-order chi connectivity index (χ1) is 21.9. The minimum absolute atomic E-state index is 0.0517. The van der Waals surface area contributed by atoms with Crippen molar-refractivity contribution in [3.8, 4) is 17.2 Å². The quantitative estimate of drug-likeness (QED) is 0.124. The second-order valence-corrected chi connectivity index (χ2v) is 12.2. The fraction of sp³-hybridized carbons (Fsp3) is 0.324. The molecule has 3 heterocycles. The molecule has 1 aromatic heterocycles. The Balaban J connectivity index is 1.05. The lowest BCUT2D eigenvalue weighted by molar-refractivity contribution is 0.0746. The molecule has 1 saturated heterocycles. The number of halogens is 1. The molecule has 0 bridgehead atoms. The Bertz CT molecular complexity index is 1660. The van der Waals surface area contributed by atoms with Gasteiger partial charge in [-0.05, 0) is 59.5 Å². The topological polar surface area (TPSA) is 80.3 Å². The van der Waals surface area contributed by atoms with Crippen LogP contribution in [0.3, 0.4) is 0 Å². The van der Waals surface area contributed by atoms with Crippen LogP contribution in [-0.4, -0.2) is 74.8 Å². The van der Waals surface area contributed by atoms with E-state index in [0.29, 0.717) is 41.3 Å². The van der Waals surface area contributed by atoms with E-state index in [2.05, 4.69) is 26.9 Å². The van der Waals surface area contributed by atoms with Gasteiger partial charge < -0.3 is 28.9 Å². The second kappa shape index (κ2) is 13.9. The van der Waals surface area contributed by atoms with E-state index in [4.69, 9.17) is 30.8 Å². The van der Waals surface area contributed by atoms with E-state index in [9.17, 15) is 4.79 Å². The molecule has 3 aromatic carbocycles. The number of amides is 1. The van der Waals surface area contributed by atoms with Crippen molar-refractivity contribution in [2.45, 2.75) is 23.9 Å². The lowest BCUT2D eigenvalue weighted by Gasteiger charge is -2.36. The molecule has 0 aliphatic carbocycles. The molecular weight excluding hydrogens is 610 g/mol. The monoisotopic (exact) mass is 645 g/mol. The zero-order chi connectivity index (χ0) is 31.3. The summed E-state index contributed by atoms with van der Waals surface area (Å²) < 4.78 is 16.5. The summed E-state index contributed by atoms with van der Waals surface area (Å²) in [5, 5.41) is 1.02. The molecule has 9 nitrogen and oxygen atoms in total. The number of carbonyl (C=O) groups is 1. The van der Waals surface area contributed by atoms with Crippen LogP contribution in [0.15, 0.2) is 71.9 Å². The van der Waals surface area contributed by atoms with Crippen molar-refractivity contribution in [1.82, 2.24) is 14.9 Å². The number of fused-ring (bicyclic) bond motifs is 1. The van der Waals surface area contributed by atoms with Gasteiger partial charge in [-0.2, -0.15) is 0 Å². The molecule has 2 aliphatic heterocycles. The van der Waals surface area contributed by atoms with Crippen molar-refractivity contribution < 1.29 is 19.0 Å². The number of carbonyl (C=O) groups excluding carboxylic acids is 1. The summed E-state index contributed by atoms with van der Waals surface area (Å²) in [5.74, 6) is 3.82. The number of piperazine rings is 1. The van der Waals surface area contributed by atoms with Crippen molar-refractivity contribution in [3.63, 3.8) is 0 Å². The maximum atomic E-state index is 13.3. The van der Waals surface area contributed by atoms with Gasteiger partial charge in [-0.25, -0.2) is 9.97 Å². The third-order valence-electron chi connectivity index (χ3n) is 8.26. The van der Waals surface area contributed by atoms with Crippen LogP contribution in [0.5, 0.6) is 17.2 Å². The number of methoxy groups -OCH3 is 3. The van der Waals surface area contributed by atoms with E-state index in [0.717, 1.165) is 60.4 Å². The zero-order valence-corrected chi connectivity index (χ0v) is 27.2. The van der Waals surface area contributed by atoms with E-state index >= 15 is 0 Å². The van der Waals surface area contributed by atoms with Crippen LogP contribution >= 0.6 is 23.4 Å². The SMILES string of the molecule is COc1cc2c(cc1OC)CN(c1cc(Cl)nc(SCc3ccc(C(=O)N4CCN(c5ccccc5OC)CC4)cc3)n1)CC2. The highest BCUT2D eigenvalue weighted by molar-refractivity contribution is 7.98. The molecule has 0 unspecified atom stereocenters. The minimum atomic E-state index is 0.0517. The summed E-state index contributed by atoms with van der Waals surface area (Å²) in [6.45, 7) is 4.34. The van der Waals surface area contributed by atoms with Crippen LogP contribution in [0, 0.1) is 0 Å². The lowest BCUT2D eigenvalue weighted by Crippen LogP contribution is -2.48. The Hall–Kier alpha value is -4.15. The van der Waals surface area contributed by atoms with Crippen LogP contribution in [0.1, 0.15) is 27.0 Å². The molecule has 1 amide bonds. The lowest BCUT2D eigenvalue weighted by atomic mass is 9.99. The van der Waals surface area contributed by atoms with Crippen LogP contribution in [0.25, 0.3) is 0 Å². The summed E-state index contributed by atoms with van der Waals surface area (Å²) in [6, 6.07) is 21.7. The highest BCUT2D eigenvalue weighted by Gasteiger charge is 2.24. The minimum Gasteiger partial charge on any atom is -0.495 e. The summed E-state index contributed by atoms with van der Waals surface area (Å²) >= 11 is 7.97. The van der Waals surface area contributed by atoms with Gasteiger partial charge in [-0.15, -0.1) is 0 Å². The summed E-state index contributed by atoms with van der Waals surface area (Å²) in [5.41, 5.74) is 5.25. The number of aromatic nitrogens is 2. The zero-order valence-electron chi connectivity index (χ0n) is 25.7. The molecule has 0 atom stereocenters. The van der Waals surface area contributed by atoms with Gasteiger partial charge in [-0.3, -0.25) is 4.79 Å². The van der Waals surface area contributed by atoms with E-state index in [1.54, 1.807) is 21.3 Å².